The summed E-state index contributed by atoms with van der Waals surface area (Å²) >= 11 is 0. The van der Waals surface area contributed by atoms with Crippen molar-refractivity contribution >= 4 is 5.82 Å². The number of rotatable bonds is 2. The fourth-order valence-corrected chi connectivity index (χ4v) is 3.19. The lowest BCUT2D eigenvalue weighted by Crippen LogP contribution is -2.55. The molecule has 0 bridgehead atoms. The van der Waals surface area contributed by atoms with E-state index in [0.29, 0.717) is 6.04 Å². The second kappa shape index (κ2) is 5.33. The van der Waals surface area contributed by atoms with Gasteiger partial charge in [-0.3, -0.25) is 9.69 Å². The van der Waals surface area contributed by atoms with E-state index < -0.39 is 0 Å². The van der Waals surface area contributed by atoms with Gasteiger partial charge in [0.1, 0.15) is 11.6 Å². The molecule has 1 atom stereocenters. The molecule has 2 fully saturated rings. The van der Waals surface area contributed by atoms with Crippen LogP contribution in [0.3, 0.4) is 0 Å². The molecule has 2 saturated heterocycles. The van der Waals surface area contributed by atoms with Crippen LogP contribution < -0.4 is 10.5 Å². The second-order valence-electron chi connectivity index (χ2n) is 5.54. The third kappa shape index (κ3) is 2.66. The van der Waals surface area contributed by atoms with Crippen molar-refractivity contribution in [1.82, 2.24) is 14.9 Å². The van der Waals surface area contributed by atoms with E-state index in [0.717, 1.165) is 37.7 Å². The summed E-state index contributed by atoms with van der Waals surface area (Å²) in [7, 11) is 0. The van der Waals surface area contributed by atoms with E-state index in [-0.39, 0.29) is 5.56 Å². The van der Waals surface area contributed by atoms with Gasteiger partial charge in [-0.25, -0.2) is 4.98 Å². The average molecular weight is 262 g/mol. The highest BCUT2D eigenvalue weighted by molar-refractivity contribution is 5.38. The first-order valence-corrected chi connectivity index (χ1v) is 7.35. The van der Waals surface area contributed by atoms with Crippen LogP contribution in [0.1, 0.15) is 32.0 Å². The first-order valence-electron chi connectivity index (χ1n) is 7.35. The van der Waals surface area contributed by atoms with Gasteiger partial charge in [0.15, 0.2) is 0 Å². The third-order valence-electron chi connectivity index (χ3n) is 4.27. The standard InChI is InChI=1S/C14H22N4O/c1-2-12-15-13(9-14(19)16-12)18-8-7-17-6-4-3-5-11(17)10-18/h9,11H,2-8,10H2,1H3,(H,15,16,19). The van der Waals surface area contributed by atoms with Crippen LogP contribution in [0.25, 0.3) is 0 Å². The summed E-state index contributed by atoms with van der Waals surface area (Å²) in [6.07, 6.45) is 4.71. The van der Waals surface area contributed by atoms with Gasteiger partial charge < -0.3 is 9.88 Å². The predicted octanol–water partition coefficient (Wildman–Crippen LogP) is 1.01. The maximum absolute atomic E-state index is 11.7. The Hall–Kier alpha value is -1.36. The van der Waals surface area contributed by atoms with Gasteiger partial charge in [-0.15, -0.1) is 0 Å². The van der Waals surface area contributed by atoms with E-state index in [1.807, 2.05) is 6.92 Å². The van der Waals surface area contributed by atoms with Crippen LogP contribution in [0.4, 0.5) is 5.82 Å². The Kier molecular flexibility index (Phi) is 3.55. The summed E-state index contributed by atoms with van der Waals surface area (Å²) in [4.78, 5) is 23.9. The molecule has 0 saturated carbocycles. The molecule has 0 aliphatic carbocycles. The molecule has 0 spiro atoms. The van der Waals surface area contributed by atoms with Crippen LogP contribution in [-0.4, -0.2) is 47.1 Å². The van der Waals surface area contributed by atoms with Crippen molar-refractivity contribution in [2.24, 2.45) is 0 Å². The Morgan fingerprint density at radius 3 is 3.11 bits per heavy atom. The molecule has 0 radical (unpaired) electrons. The molecule has 3 rings (SSSR count). The number of fused-ring (bicyclic) bond motifs is 1. The minimum atomic E-state index is -0.0343. The zero-order chi connectivity index (χ0) is 13.2. The van der Waals surface area contributed by atoms with Crippen molar-refractivity contribution in [1.29, 1.82) is 0 Å². The summed E-state index contributed by atoms with van der Waals surface area (Å²) in [5, 5.41) is 0. The van der Waals surface area contributed by atoms with E-state index in [1.54, 1.807) is 6.07 Å². The van der Waals surface area contributed by atoms with Crippen molar-refractivity contribution in [2.75, 3.05) is 31.1 Å². The number of nitrogens with one attached hydrogen (secondary N) is 1. The number of H-pyrrole nitrogens is 1. The minimum absolute atomic E-state index is 0.0343. The third-order valence-corrected chi connectivity index (χ3v) is 4.27. The molecule has 3 heterocycles. The molecule has 1 aromatic rings. The molecular formula is C14H22N4O. The van der Waals surface area contributed by atoms with Crippen LogP contribution >= 0.6 is 0 Å². The molecule has 2 aliphatic heterocycles. The highest BCUT2D eigenvalue weighted by atomic mass is 16.1. The van der Waals surface area contributed by atoms with Crippen LogP contribution in [0.2, 0.25) is 0 Å². The van der Waals surface area contributed by atoms with Gasteiger partial charge in [0.05, 0.1) is 0 Å². The Morgan fingerprint density at radius 1 is 1.37 bits per heavy atom. The molecule has 1 aromatic heterocycles. The fraction of sp³-hybridized carbons (Fsp3) is 0.714. The van der Waals surface area contributed by atoms with E-state index in [9.17, 15) is 4.79 Å². The van der Waals surface area contributed by atoms with Gasteiger partial charge in [-0.2, -0.15) is 0 Å². The number of piperazine rings is 1. The highest BCUT2D eigenvalue weighted by Crippen LogP contribution is 2.23. The largest absolute Gasteiger partial charge is 0.354 e. The number of aromatic amines is 1. The van der Waals surface area contributed by atoms with E-state index in [1.165, 1.54) is 25.8 Å². The molecule has 5 heteroatoms. The smallest absolute Gasteiger partial charge is 0.252 e. The van der Waals surface area contributed by atoms with Crippen LogP contribution in [0, 0.1) is 0 Å². The van der Waals surface area contributed by atoms with Crippen molar-refractivity contribution in [3.63, 3.8) is 0 Å². The van der Waals surface area contributed by atoms with Crippen LogP contribution in [0.5, 0.6) is 0 Å². The van der Waals surface area contributed by atoms with Gasteiger partial charge in [-0.05, 0) is 19.4 Å². The number of hydrogen-bond donors (Lipinski definition) is 1. The Morgan fingerprint density at radius 2 is 2.26 bits per heavy atom. The normalized spacial score (nSPS) is 24.3. The maximum atomic E-state index is 11.7. The fourth-order valence-electron chi connectivity index (χ4n) is 3.19. The number of aromatic nitrogens is 2. The summed E-state index contributed by atoms with van der Waals surface area (Å²) in [6, 6.07) is 2.28. The SMILES string of the molecule is CCc1nc(N2CCN3CCCCC3C2)cc(=O)[nH]1. The monoisotopic (exact) mass is 262 g/mol. The zero-order valence-corrected chi connectivity index (χ0v) is 11.6. The molecule has 2 aliphatic rings. The van der Waals surface area contributed by atoms with Gasteiger partial charge in [0.2, 0.25) is 0 Å². The lowest BCUT2D eigenvalue weighted by Gasteiger charge is -2.44. The molecule has 1 unspecified atom stereocenters. The van der Waals surface area contributed by atoms with Crippen LogP contribution in [-0.2, 0) is 6.42 Å². The molecule has 1 N–H and O–H groups in total. The summed E-state index contributed by atoms with van der Waals surface area (Å²) in [5.41, 5.74) is -0.0343. The van der Waals surface area contributed by atoms with E-state index >= 15 is 0 Å². The van der Waals surface area contributed by atoms with E-state index in [4.69, 9.17) is 0 Å². The number of anilines is 1. The second-order valence-corrected chi connectivity index (χ2v) is 5.54. The first kappa shape index (κ1) is 12.7. The summed E-state index contributed by atoms with van der Waals surface area (Å²) in [5.74, 6) is 1.64. The Labute approximate surface area is 113 Å². The quantitative estimate of drug-likeness (QED) is 0.864. The van der Waals surface area contributed by atoms with Gasteiger partial charge >= 0.3 is 0 Å². The maximum Gasteiger partial charge on any atom is 0.252 e. The molecule has 0 amide bonds. The minimum Gasteiger partial charge on any atom is -0.354 e. The van der Waals surface area contributed by atoms with Crippen molar-refractivity contribution < 1.29 is 0 Å². The number of aryl methyl sites for hydroxylation is 1. The van der Waals surface area contributed by atoms with Crippen molar-refractivity contribution in [3.8, 4) is 0 Å². The number of hydrogen-bond acceptors (Lipinski definition) is 4. The molecule has 0 aromatic carbocycles. The van der Waals surface area contributed by atoms with Gasteiger partial charge in [0.25, 0.3) is 5.56 Å². The predicted molar refractivity (Wildman–Crippen MR) is 75.7 cm³/mol. The van der Waals surface area contributed by atoms with Crippen molar-refractivity contribution in [3.05, 3.63) is 22.2 Å². The van der Waals surface area contributed by atoms with E-state index in [2.05, 4.69) is 19.8 Å². The van der Waals surface area contributed by atoms with Gasteiger partial charge in [0, 0.05) is 38.2 Å². The van der Waals surface area contributed by atoms with Crippen LogP contribution in [0.15, 0.2) is 10.9 Å². The van der Waals surface area contributed by atoms with Crippen molar-refractivity contribution in [2.45, 2.75) is 38.6 Å². The topological polar surface area (TPSA) is 52.2 Å². The number of nitrogens with zero attached hydrogens (tertiary/aromatic N) is 3. The zero-order valence-electron chi connectivity index (χ0n) is 11.6. The lowest BCUT2D eigenvalue weighted by atomic mass is 9.99. The molecule has 19 heavy (non-hydrogen) atoms. The molecular weight excluding hydrogens is 240 g/mol. The first-order chi connectivity index (χ1) is 9.26. The Balaban J connectivity index is 1.79. The molecule has 104 valence electrons. The summed E-state index contributed by atoms with van der Waals surface area (Å²) < 4.78 is 0. The summed E-state index contributed by atoms with van der Waals surface area (Å²) in [6.45, 7) is 6.35. The molecule has 5 nitrogen and oxygen atoms in total. The highest BCUT2D eigenvalue weighted by Gasteiger charge is 2.29. The average Bonchev–Trinajstić information content (AvgIpc) is 2.46. The van der Waals surface area contributed by atoms with Gasteiger partial charge in [-0.1, -0.05) is 13.3 Å². The lowest BCUT2D eigenvalue weighted by molar-refractivity contribution is 0.133. The Bertz CT molecular complexity index is 498. The number of piperidine rings is 1.